The zero-order chi connectivity index (χ0) is 11.3. The summed E-state index contributed by atoms with van der Waals surface area (Å²) in [5.41, 5.74) is 0.651. The third-order valence-electron chi connectivity index (χ3n) is 1.88. The summed E-state index contributed by atoms with van der Waals surface area (Å²) in [4.78, 5) is 18.8. The van der Waals surface area contributed by atoms with E-state index in [4.69, 9.17) is 9.94 Å². The number of hydrogen-bond donors (Lipinski definition) is 1. The van der Waals surface area contributed by atoms with E-state index in [1.54, 1.807) is 13.8 Å². The molecule has 1 heterocycles. The Bertz CT molecular complexity index is 329. The number of rotatable bonds is 3. The Balaban J connectivity index is 2.57. The van der Waals surface area contributed by atoms with E-state index in [1.807, 2.05) is 0 Å². The molecule has 0 saturated heterocycles. The van der Waals surface area contributed by atoms with Crippen LogP contribution in [0.25, 0.3) is 0 Å². The fraction of sp³-hybridized carbons (Fsp3) is 0.667. The minimum absolute atomic E-state index is 0.127. The van der Waals surface area contributed by atoms with E-state index in [1.165, 1.54) is 6.21 Å². The maximum Gasteiger partial charge on any atom is 0.355 e. The molecule has 0 saturated carbocycles. The van der Waals surface area contributed by atoms with Crippen molar-refractivity contribution in [1.29, 1.82) is 0 Å². The first kappa shape index (κ1) is 11.4. The van der Waals surface area contributed by atoms with Crippen molar-refractivity contribution >= 4 is 17.9 Å². The monoisotopic (exact) mass is 212 g/mol. The molecule has 6 nitrogen and oxygen atoms in total. The van der Waals surface area contributed by atoms with Crippen LogP contribution in [0.3, 0.4) is 0 Å². The molecule has 1 atom stereocenters. The molecule has 1 aliphatic rings. The third-order valence-corrected chi connectivity index (χ3v) is 1.88. The average Bonchev–Trinajstić information content (AvgIpc) is 2.62. The van der Waals surface area contributed by atoms with E-state index in [2.05, 4.69) is 15.1 Å². The van der Waals surface area contributed by atoms with Crippen molar-refractivity contribution in [3.8, 4) is 0 Å². The van der Waals surface area contributed by atoms with Crippen LogP contribution < -0.4 is 0 Å². The minimum Gasteiger partial charge on any atom is -0.461 e. The zero-order valence-corrected chi connectivity index (χ0v) is 8.75. The number of nitrogens with zero attached hydrogens (tertiary/aromatic N) is 3. The van der Waals surface area contributed by atoms with Crippen molar-refractivity contribution in [1.82, 2.24) is 0 Å². The molecule has 0 bridgehead atoms. The SMILES string of the molecule is CC(C)OC(=O)[C@@H]1CCC(C=[N+]=NO)=N1. The van der Waals surface area contributed by atoms with Crippen molar-refractivity contribution in [2.75, 3.05) is 0 Å². The van der Waals surface area contributed by atoms with Crippen molar-refractivity contribution in [3.05, 3.63) is 0 Å². The maximum absolute atomic E-state index is 11.4. The molecule has 1 rings (SSSR count). The number of carbonyl (C=O) groups is 1. The van der Waals surface area contributed by atoms with Crippen LogP contribution in [-0.2, 0) is 9.53 Å². The predicted molar refractivity (Wildman–Crippen MR) is 52.2 cm³/mol. The van der Waals surface area contributed by atoms with Crippen LogP contribution in [0, 0.1) is 0 Å². The highest BCUT2D eigenvalue weighted by Crippen LogP contribution is 2.14. The molecule has 1 N–H and O–H groups in total. The topological polar surface area (TPSA) is 85.4 Å². The second-order valence-corrected chi connectivity index (χ2v) is 3.49. The van der Waals surface area contributed by atoms with Crippen molar-refractivity contribution in [3.63, 3.8) is 0 Å². The Morgan fingerprint density at radius 2 is 2.53 bits per heavy atom. The molecule has 0 amide bonds. The molecule has 1 aliphatic heterocycles. The van der Waals surface area contributed by atoms with Gasteiger partial charge in [-0.2, -0.15) is 0 Å². The summed E-state index contributed by atoms with van der Waals surface area (Å²) in [6, 6.07) is -0.437. The average molecular weight is 212 g/mol. The molecule has 0 aliphatic carbocycles. The predicted octanol–water partition coefficient (Wildman–Crippen LogP) is 0.662. The Labute approximate surface area is 87.4 Å². The van der Waals surface area contributed by atoms with Crippen LogP contribution in [0.5, 0.6) is 0 Å². The first-order valence-corrected chi connectivity index (χ1v) is 4.78. The van der Waals surface area contributed by atoms with Crippen LogP contribution in [0.15, 0.2) is 10.3 Å². The van der Waals surface area contributed by atoms with Gasteiger partial charge < -0.3 is 9.94 Å². The van der Waals surface area contributed by atoms with Gasteiger partial charge in [-0.15, -0.1) is 0 Å². The molecule has 0 radical (unpaired) electrons. The van der Waals surface area contributed by atoms with Gasteiger partial charge in [0.05, 0.1) is 10.9 Å². The molecular formula is C9H14N3O3+. The minimum atomic E-state index is -0.437. The highest BCUT2D eigenvalue weighted by Gasteiger charge is 2.27. The van der Waals surface area contributed by atoms with Crippen molar-refractivity contribution in [2.45, 2.75) is 38.8 Å². The number of carbonyl (C=O) groups excluding carboxylic acids is 1. The van der Waals surface area contributed by atoms with Crippen LogP contribution in [0.4, 0.5) is 0 Å². The Morgan fingerprint density at radius 1 is 1.80 bits per heavy atom. The molecule has 0 aromatic carbocycles. The van der Waals surface area contributed by atoms with E-state index < -0.39 is 6.04 Å². The number of esters is 1. The fourth-order valence-electron chi connectivity index (χ4n) is 1.29. The van der Waals surface area contributed by atoms with Gasteiger partial charge >= 0.3 is 17.5 Å². The van der Waals surface area contributed by atoms with E-state index in [-0.39, 0.29) is 12.1 Å². The van der Waals surface area contributed by atoms with Gasteiger partial charge in [-0.05, 0) is 26.7 Å². The van der Waals surface area contributed by atoms with E-state index in [0.717, 1.165) is 0 Å². The lowest BCUT2D eigenvalue weighted by molar-refractivity contribution is -0.159. The van der Waals surface area contributed by atoms with Crippen molar-refractivity contribution < 1.29 is 19.5 Å². The quantitative estimate of drug-likeness (QED) is 0.245. The van der Waals surface area contributed by atoms with Crippen molar-refractivity contribution in [2.24, 2.45) is 10.3 Å². The van der Waals surface area contributed by atoms with Crippen LogP contribution in [-0.4, -0.2) is 40.0 Å². The Kier molecular flexibility index (Phi) is 4.00. The molecule has 0 fully saturated rings. The number of aliphatic imine (C=N–C) groups is 1. The molecule has 0 spiro atoms. The van der Waals surface area contributed by atoms with E-state index in [0.29, 0.717) is 18.6 Å². The summed E-state index contributed by atoms with van der Waals surface area (Å²) in [5.74, 6) is -0.311. The Morgan fingerprint density at radius 3 is 3.13 bits per heavy atom. The Hall–Kier alpha value is -1.68. The molecular weight excluding hydrogens is 198 g/mol. The molecule has 6 heteroatoms. The summed E-state index contributed by atoms with van der Waals surface area (Å²) in [6.45, 7) is 3.59. The van der Waals surface area contributed by atoms with Gasteiger partial charge in [0.2, 0.25) is 0 Å². The summed E-state index contributed by atoms with van der Waals surface area (Å²) in [7, 11) is 0. The zero-order valence-electron chi connectivity index (χ0n) is 8.75. The van der Waals surface area contributed by atoms with Crippen LogP contribution >= 0.6 is 0 Å². The fourth-order valence-corrected chi connectivity index (χ4v) is 1.29. The number of hydrogen-bond acceptors (Lipinski definition) is 4. The largest absolute Gasteiger partial charge is 0.461 e. The molecule has 0 unspecified atom stereocenters. The van der Waals surface area contributed by atoms with Gasteiger partial charge in [0.25, 0.3) is 0 Å². The summed E-state index contributed by atoms with van der Waals surface area (Å²) in [6.07, 6.45) is 2.48. The van der Waals surface area contributed by atoms with Gasteiger partial charge in [-0.1, -0.05) is 0 Å². The normalized spacial score (nSPS) is 19.4. The second kappa shape index (κ2) is 5.26. The first-order valence-electron chi connectivity index (χ1n) is 4.78. The molecule has 0 aromatic rings. The molecule has 15 heavy (non-hydrogen) atoms. The highest BCUT2D eigenvalue weighted by atomic mass is 16.5. The lowest BCUT2D eigenvalue weighted by Crippen LogP contribution is -2.22. The maximum atomic E-state index is 11.4. The number of ether oxygens (including phenoxy) is 1. The molecule has 0 aromatic heterocycles. The smallest absolute Gasteiger partial charge is 0.355 e. The first-order chi connectivity index (χ1) is 7.13. The molecule has 82 valence electrons. The van der Waals surface area contributed by atoms with Gasteiger partial charge in [0.1, 0.15) is 11.8 Å². The van der Waals surface area contributed by atoms with E-state index >= 15 is 0 Å². The lowest BCUT2D eigenvalue weighted by atomic mass is 10.2. The van der Waals surface area contributed by atoms with Gasteiger partial charge in [0, 0.05) is 0 Å². The lowest BCUT2D eigenvalue weighted by Gasteiger charge is -2.10. The van der Waals surface area contributed by atoms with Gasteiger partial charge in [0.15, 0.2) is 0 Å². The van der Waals surface area contributed by atoms with Gasteiger partial charge in [-0.3, -0.25) is 4.99 Å². The highest BCUT2D eigenvalue weighted by molar-refractivity contribution is 6.29. The second-order valence-electron chi connectivity index (χ2n) is 3.49. The summed E-state index contributed by atoms with van der Waals surface area (Å²) >= 11 is 0. The third kappa shape index (κ3) is 3.52. The van der Waals surface area contributed by atoms with Crippen LogP contribution in [0.1, 0.15) is 26.7 Å². The standard InChI is InChI=1S/C9H13N3O3/c1-6(2)15-9(13)8-4-3-7(11-8)5-10-12-14/h5-6,8H,3-4H2,1-2H3/p+1/t8-/m0/s1. The van der Waals surface area contributed by atoms with Crippen LogP contribution in [0.2, 0.25) is 0 Å². The van der Waals surface area contributed by atoms with Gasteiger partial charge in [-0.25, -0.2) is 4.79 Å². The summed E-state index contributed by atoms with van der Waals surface area (Å²) < 4.78 is 5.02. The van der Waals surface area contributed by atoms with E-state index in [9.17, 15) is 4.79 Å². The summed E-state index contributed by atoms with van der Waals surface area (Å²) in [5, 5.41) is 10.7.